The molecule has 48 heavy (non-hydrogen) atoms. The minimum absolute atomic E-state index is 0.661. The molecule has 0 aliphatic heterocycles. The highest BCUT2D eigenvalue weighted by atomic mass is 15.0. The lowest BCUT2D eigenvalue weighted by molar-refractivity contribution is 1.01. The summed E-state index contributed by atoms with van der Waals surface area (Å²) in [6.07, 6.45) is 10.4. The number of benzene rings is 5. The van der Waals surface area contributed by atoms with Crippen molar-refractivity contribution in [3.05, 3.63) is 176 Å². The van der Waals surface area contributed by atoms with E-state index in [4.69, 9.17) is 15.0 Å². The number of rotatable bonds is 7. The lowest BCUT2D eigenvalue weighted by Gasteiger charge is -2.14. The Labute approximate surface area is 280 Å². The zero-order valence-electron chi connectivity index (χ0n) is 26.4. The summed E-state index contributed by atoms with van der Waals surface area (Å²) in [6.45, 7) is 0. The van der Waals surface area contributed by atoms with Crippen LogP contribution in [0.2, 0.25) is 0 Å². The van der Waals surface area contributed by atoms with Crippen molar-refractivity contribution in [2.24, 2.45) is 0 Å². The van der Waals surface area contributed by atoms with Crippen LogP contribution in [0.15, 0.2) is 170 Å². The third-order valence-electron chi connectivity index (χ3n) is 8.64. The first-order valence-corrected chi connectivity index (χ1v) is 16.3. The van der Waals surface area contributed by atoms with Crippen molar-refractivity contribution in [3.63, 3.8) is 0 Å². The van der Waals surface area contributed by atoms with Crippen molar-refractivity contribution in [2.45, 2.75) is 12.8 Å². The van der Waals surface area contributed by atoms with Crippen LogP contribution in [-0.2, 0) is 0 Å². The second-order valence-electron chi connectivity index (χ2n) is 11.8. The predicted octanol–water partition coefficient (Wildman–Crippen LogP) is 11.0. The van der Waals surface area contributed by atoms with E-state index in [2.05, 4.69) is 120 Å². The zero-order valence-corrected chi connectivity index (χ0v) is 26.4. The highest BCUT2D eigenvalue weighted by molar-refractivity contribution is 5.88. The Bertz CT molecular complexity index is 2260. The fraction of sp³-hybridized carbons (Fsp3) is 0.0455. The van der Waals surface area contributed by atoms with Gasteiger partial charge in [0.15, 0.2) is 17.5 Å². The lowest BCUT2D eigenvalue weighted by atomic mass is 9.90. The fourth-order valence-corrected chi connectivity index (χ4v) is 6.15. The molecule has 0 N–H and O–H groups in total. The minimum Gasteiger partial charge on any atom is -0.256 e. The van der Waals surface area contributed by atoms with Crippen LogP contribution in [-0.4, -0.2) is 19.9 Å². The van der Waals surface area contributed by atoms with Crippen LogP contribution in [0.25, 0.3) is 73.0 Å². The Morgan fingerprint density at radius 1 is 0.396 bits per heavy atom. The van der Waals surface area contributed by atoms with Crippen LogP contribution in [0.4, 0.5) is 0 Å². The molecule has 0 saturated carbocycles. The number of pyridine rings is 1. The molecule has 0 saturated heterocycles. The van der Waals surface area contributed by atoms with Crippen LogP contribution in [0.3, 0.4) is 0 Å². The number of aromatic nitrogens is 4. The predicted molar refractivity (Wildman–Crippen MR) is 197 cm³/mol. The average Bonchev–Trinajstić information content (AvgIpc) is 3.19. The number of nitrogens with zero attached hydrogens (tertiary/aromatic N) is 4. The van der Waals surface area contributed by atoms with Gasteiger partial charge < -0.3 is 0 Å². The van der Waals surface area contributed by atoms with Crippen molar-refractivity contribution in [1.82, 2.24) is 19.9 Å². The molecule has 0 spiro atoms. The Balaban J connectivity index is 1.20. The summed E-state index contributed by atoms with van der Waals surface area (Å²) in [5.74, 6) is 2.03. The van der Waals surface area contributed by atoms with E-state index in [1.54, 1.807) is 0 Å². The molecule has 228 valence electrons. The quantitative estimate of drug-likeness (QED) is 0.179. The maximum Gasteiger partial charge on any atom is 0.164 e. The van der Waals surface area contributed by atoms with Gasteiger partial charge in [0.25, 0.3) is 0 Å². The van der Waals surface area contributed by atoms with Crippen molar-refractivity contribution in [2.75, 3.05) is 0 Å². The van der Waals surface area contributed by atoms with Crippen LogP contribution >= 0.6 is 0 Å². The maximum absolute atomic E-state index is 4.99. The maximum atomic E-state index is 4.99. The van der Waals surface area contributed by atoms with Crippen molar-refractivity contribution < 1.29 is 0 Å². The normalized spacial score (nSPS) is 12.5. The summed E-state index contributed by atoms with van der Waals surface area (Å²) >= 11 is 0. The van der Waals surface area contributed by atoms with Gasteiger partial charge in [-0.2, -0.15) is 0 Å². The molecule has 4 heteroatoms. The van der Waals surface area contributed by atoms with Gasteiger partial charge in [-0.05, 0) is 70.5 Å². The monoisotopic (exact) mass is 616 g/mol. The second kappa shape index (κ2) is 13.2. The van der Waals surface area contributed by atoms with E-state index in [9.17, 15) is 0 Å². The highest BCUT2D eigenvalue weighted by Crippen LogP contribution is 2.37. The van der Waals surface area contributed by atoms with Crippen molar-refractivity contribution in [1.29, 1.82) is 0 Å². The van der Waals surface area contributed by atoms with Gasteiger partial charge in [-0.1, -0.05) is 140 Å². The Morgan fingerprint density at radius 2 is 1.00 bits per heavy atom. The highest BCUT2D eigenvalue weighted by Gasteiger charge is 2.15. The molecule has 0 atom stereocenters. The van der Waals surface area contributed by atoms with E-state index in [0.717, 1.165) is 57.5 Å². The third-order valence-corrected chi connectivity index (χ3v) is 8.64. The molecule has 0 unspecified atom stereocenters. The molecular formula is C44H32N4. The third kappa shape index (κ3) is 6.12. The van der Waals surface area contributed by atoms with Gasteiger partial charge >= 0.3 is 0 Å². The molecule has 2 aromatic heterocycles. The first-order chi connectivity index (χ1) is 23.8. The largest absolute Gasteiger partial charge is 0.256 e. The van der Waals surface area contributed by atoms with E-state index in [-0.39, 0.29) is 0 Å². The van der Waals surface area contributed by atoms with Crippen molar-refractivity contribution >= 4 is 5.57 Å². The van der Waals surface area contributed by atoms with Gasteiger partial charge in [-0.15, -0.1) is 0 Å². The summed E-state index contributed by atoms with van der Waals surface area (Å²) in [6, 6.07) is 50.6. The SMILES string of the molecule is C1=CC(c2nc(-c3ccccc3)nc(-c3cccc(-c4ccc(-c5ccc(-c6ccccn6)cc5)c(-c5ccccc5)c4)c3)n2)=CCC1. The smallest absolute Gasteiger partial charge is 0.164 e. The van der Waals surface area contributed by atoms with Gasteiger partial charge in [0.1, 0.15) is 0 Å². The Kier molecular flexibility index (Phi) is 8.04. The van der Waals surface area contributed by atoms with Gasteiger partial charge in [0.2, 0.25) is 0 Å². The lowest BCUT2D eigenvalue weighted by Crippen LogP contribution is -2.03. The molecule has 0 radical (unpaired) electrons. The van der Waals surface area contributed by atoms with Gasteiger partial charge in [0, 0.05) is 28.5 Å². The van der Waals surface area contributed by atoms with E-state index in [1.165, 1.54) is 16.7 Å². The topological polar surface area (TPSA) is 51.6 Å². The van der Waals surface area contributed by atoms with E-state index in [0.29, 0.717) is 17.5 Å². The molecule has 2 heterocycles. The van der Waals surface area contributed by atoms with Gasteiger partial charge in [0.05, 0.1) is 5.69 Å². The molecule has 0 amide bonds. The first kappa shape index (κ1) is 29.2. The van der Waals surface area contributed by atoms with Crippen LogP contribution < -0.4 is 0 Å². The van der Waals surface area contributed by atoms with Crippen molar-refractivity contribution in [3.8, 4) is 67.4 Å². The molecule has 7 aromatic rings. The fourth-order valence-electron chi connectivity index (χ4n) is 6.15. The number of hydrogen-bond acceptors (Lipinski definition) is 4. The molecular weight excluding hydrogens is 585 g/mol. The average molecular weight is 617 g/mol. The summed E-state index contributed by atoms with van der Waals surface area (Å²) in [5, 5.41) is 0. The summed E-state index contributed by atoms with van der Waals surface area (Å²) in [5.41, 5.74) is 11.9. The van der Waals surface area contributed by atoms with Crippen LogP contribution in [0.5, 0.6) is 0 Å². The minimum atomic E-state index is 0.661. The molecule has 1 aliphatic rings. The molecule has 5 aromatic carbocycles. The van der Waals surface area contributed by atoms with Crippen LogP contribution in [0, 0.1) is 0 Å². The Morgan fingerprint density at radius 3 is 1.73 bits per heavy atom. The van der Waals surface area contributed by atoms with Gasteiger partial charge in [-0.25, -0.2) is 15.0 Å². The molecule has 0 bridgehead atoms. The summed E-state index contributed by atoms with van der Waals surface area (Å²) in [7, 11) is 0. The summed E-state index contributed by atoms with van der Waals surface area (Å²) < 4.78 is 0. The molecule has 8 rings (SSSR count). The number of hydrogen-bond donors (Lipinski definition) is 0. The molecule has 4 nitrogen and oxygen atoms in total. The van der Waals surface area contributed by atoms with E-state index < -0.39 is 0 Å². The van der Waals surface area contributed by atoms with E-state index in [1.807, 2.05) is 54.7 Å². The summed E-state index contributed by atoms with van der Waals surface area (Å²) in [4.78, 5) is 19.4. The van der Waals surface area contributed by atoms with Gasteiger partial charge in [-0.3, -0.25) is 4.98 Å². The second-order valence-corrected chi connectivity index (χ2v) is 11.8. The van der Waals surface area contributed by atoms with E-state index >= 15 is 0 Å². The first-order valence-electron chi connectivity index (χ1n) is 16.3. The van der Waals surface area contributed by atoms with Crippen LogP contribution in [0.1, 0.15) is 18.7 Å². The Hall–Kier alpha value is -6.26. The zero-order chi connectivity index (χ0) is 32.1. The molecule has 0 fully saturated rings. The standard InChI is InChI=1S/C44H32N4/c1-4-13-31(14-5-1)40-30-37(26-27-39(40)32-22-24-33(25-23-32)41-21-10-11-28-45-41)36-19-12-20-38(29-36)44-47-42(34-15-6-2-7-16-34)46-43(48-44)35-17-8-3-9-18-35/h1-2,4-8,10-30H,3,9H2. The number of allylic oxidation sites excluding steroid dienone is 4. The molecule has 1 aliphatic carbocycles.